The molecule has 2 heterocycles. The first-order valence-corrected chi connectivity index (χ1v) is 8.99. The molecule has 0 radical (unpaired) electrons. The first-order valence-electron chi connectivity index (χ1n) is 7.10. The van der Waals surface area contributed by atoms with Crippen molar-refractivity contribution in [1.29, 1.82) is 0 Å². The van der Waals surface area contributed by atoms with Crippen molar-refractivity contribution in [2.75, 3.05) is 17.7 Å². The van der Waals surface area contributed by atoms with E-state index in [1.165, 1.54) is 17.0 Å². The normalized spacial score (nSPS) is 17.3. The first kappa shape index (κ1) is 15.5. The van der Waals surface area contributed by atoms with E-state index in [0.29, 0.717) is 18.1 Å². The lowest BCUT2D eigenvalue weighted by Gasteiger charge is -2.32. The summed E-state index contributed by atoms with van der Waals surface area (Å²) in [4.78, 5) is 18.6. The number of nitrogens with zero attached hydrogens (tertiary/aromatic N) is 2. The van der Waals surface area contributed by atoms with Gasteiger partial charge in [0.2, 0.25) is 5.88 Å². The van der Waals surface area contributed by atoms with E-state index >= 15 is 0 Å². The number of hydrogen-bond donors (Lipinski definition) is 0. The van der Waals surface area contributed by atoms with Gasteiger partial charge in [-0.05, 0) is 31.2 Å². The Morgan fingerprint density at radius 1 is 1.26 bits per heavy atom. The van der Waals surface area contributed by atoms with Gasteiger partial charge in [-0.1, -0.05) is 12.1 Å². The van der Waals surface area contributed by atoms with Crippen molar-refractivity contribution >= 4 is 21.4 Å². The summed E-state index contributed by atoms with van der Waals surface area (Å²) in [6, 6.07) is 9.65. The highest BCUT2D eigenvalue weighted by Crippen LogP contribution is 2.32. The van der Waals surface area contributed by atoms with E-state index in [-0.39, 0.29) is 22.5 Å². The van der Waals surface area contributed by atoms with E-state index in [1.54, 1.807) is 30.5 Å². The molecule has 0 saturated heterocycles. The van der Waals surface area contributed by atoms with Crippen LogP contribution in [0.4, 0.5) is 5.69 Å². The third kappa shape index (κ3) is 2.92. The predicted molar refractivity (Wildman–Crippen MR) is 85.6 cm³/mol. The minimum Gasteiger partial charge on any atom is -0.471 e. The molecule has 0 N–H and O–H groups in total. The lowest BCUT2D eigenvalue weighted by molar-refractivity contribution is 0.0955. The number of aromatic nitrogens is 1. The van der Waals surface area contributed by atoms with Crippen LogP contribution in [0.1, 0.15) is 17.3 Å². The Kier molecular flexibility index (Phi) is 3.81. The van der Waals surface area contributed by atoms with Crippen LogP contribution in [0.3, 0.4) is 0 Å². The highest BCUT2D eigenvalue weighted by Gasteiger charge is 2.31. The summed E-state index contributed by atoms with van der Waals surface area (Å²) in [5.74, 6) is -0.00754. The average Bonchev–Trinajstić information content (AvgIpc) is 2.52. The summed E-state index contributed by atoms with van der Waals surface area (Å²) >= 11 is 0. The van der Waals surface area contributed by atoms with Gasteiger partial charge in [0.1, 0.15) is 11.8 Å². The molecule has 0 spiro atoms. The van der Waals surface area contributed by atoms with Crippen LogP contribution >= 0.6 is 0 Å². The van der Waals surface area contributed by atoms with Crippen LogP contribution in [0.25, 0.3) is 0 Å². The van der Waals surface area contributed by atoms with Gasteiger partial charge in [-0.2, -0.15) is 0 Å². The standard InChI is InChI=1S/C16H16N2O4S/c1-11-10-18(13-7-5-9-17-15(13)22-11)16(19)12-6-3-4-8-14(12)23(2,20)21/h3-9,11H,10H2,1-2H3/t11-/m0/s1. The molecule has 1 aromatic heterocycles. The summed E-state index contributed by atoms with van der Waals surface area (Å²) in [5, 5.41) is 0. The molecule has 1 amide bonds. The van der Waals surface area contributed by atoms with E-state index in [9.17, 15) is 13.2 Å². The zero-order valence-corrected chi connectivity index (χ0v) is 13.6. The third-order valence-corrected chi connectivity index (χ3v) is 4.71. The van der Waals surface area contributed by atoms with Crippen LogP contribution in [-0.2, 0) is 9.84 Å². The molecule has 1 aliphatic rings. The second-order valence-electron chi connectivity index (χ2n) is 5.44. The molecule has 0 aliphatic carbocycles. The van der Waals surface area contributed by atoms with Gasteiger partial charge < -0.3 is 4.74 Å². The molecule has 6 nitrogen and oxygen atoms in total. The topological polar surface area (TPSA) is 76.6 Å². The maximum atomic E-state index is 13.0. The molecule has 0 fully saturated rings. The second-order valence-corrected chi connectivity index (χ2v) is 7.42. The van der Waals surface area contributed by atoms with Crippen LogP contribution < -0.4 is 9.64 Å². The van der Waals surface area contributed by atoms with Crippen molar-refractivity contribution in [3.8, 4) is 5.88 Å². The Morgan fingerprint density at radius 3 is 2.74 bits per heavy atom. The largest absolute Gasteiger partial charge is 0.471 e. The molecular weight excluding hydrogens is 316 g/mol. The number of pyridine rings is 1. The fourth-order valence-corrected chi connectivity index (χ4v) is 3.45. The van der Waals surface area contributed by atoms with E-state index in [2.05, 4.69) is 4.98 Å². The van der Waals surface area contributed by atoms with Gasteiger partial charge in [-0.25, -0.2) is 13.4 Å². The summed E-state index contributed by atoms with van der Waals surface area (Å²) in [6.45, 7) is 2.16. The molecule has 1 atom stereocenters. The van der Waals surface area contributed by atoms with Crippen LogP contribution in [-0.4, -0.2) is 38.2 Å². The summed E-state index contributed by atoms with van der Waals surface area (Å²) in [7, 11) is -3.50. The molecule has 0 unspecified atom stereocenters. The molecule has 2 aromatic rings. The number of hydrogen-bond acceptors (Lipinski definition) is 5. The maximum Gasteiger partial charge on any atom is 0.259 e. The highest BCUT2D eigenvalue weighted by atomic mass is 32.2. The Hall–Kier alpha value is -2.41. The van der Waals surface area contributed by atoms with Crippen molar-refractivity contribution in [2.24, 2.45) is 0 Å². The van der Waals surface area contributed by atoms with Crippen molar-refractivity contribution in [1.82, 2.24) is 4.98 Å². The number of benzene rings is 1. The van der Waals surface area contributed by atoms with Gasteiger partial charge in [-0.15, -0.1) is 0 Å². The average molecular weight is 332 g/mol. The number of anilines is 1. The molecule has 3 rings (SSSR count). The molecule has 0 bridgehead atoms. The second kappa shape index (κ2) is 5.66. The van der Waals surface area contributed by atoms with Gasteiger partial charge in [0.25, 0.3) is 5.91 Å². The van der Waals surface area contributed by atoms with Gasteiger partial charge in [0.15, 0.2) is 9.84 Å². The molecule has 120 valence electrons. The molecule has 1 aliphatic heterocycles. The SMILES string of the molecule is C[C@H]1CN(C(=O)c2ccccc2S(C)(=O)=O)c2cccnc2O1. The first-order chi connectivity index (χ1) is 10.9. The minimum atomic E-state index is -3.50. The van der Waals surface area contributed by atoms with Crippen molar-refractivity contribution in [2.45, 2.75) is 17.9 Å². The van der Waals surface area contributed by atoms with E-state index in [4.69, 9.17) is 4.74 Å². The molecule has 1 aromatic carbocycles. The fourth-order valence-electron chi connectivity index (χ4n) is 2.57. The third-order valence-electron chi connectivity index (χ3n) is 3.56. The summed E-state index contributed by atoms with van der Waals surface area (Å²) in [5.41, 5.74) is 0.692. The van der Waals surface area contributed by atoms with Gasteiger partial charge in [0, 0.05) is 12.5 Å². The molecule has 7 heteroatoms. The van der Waals surface area contributed by atoms with Crippen molar-refractivity contribution in [3.63, 3.8) is 0 Å². The lowest BCUT2D eigenvalue weighted by atomic mass is 10.1. The van der Waals surface area contributed by atoms with Crippen LogP contribution in [0.15, 0.2) is 47.5 Å². The van der Waals surface area contributed by atoms with Crippen LogP contribution in [0, 0.1) is 0 Å². The quantitative estimate of drug-likeness (QED) is 0.839. The Bertz CT molecular complexity index is 864. The number of carbonyl (C=O) groups is 1. The fraction of sp³-hybridized carbons (Fsp3) is 0.250. The van der Waals surface area contributed by atoms with Crippen molar-refractivity contribution < 1.29 is 17.9 Å². The van der Waals surface area contributed by atoms with Crippen molar-refractivity contribution in [3.05, 3.63) is 48.2 Å². The minimum absolute atomic E-state index is 0.0228. The molecule has 23 heavy (non-hydrogen) atoms. The van der Waals surface area contributed by atoms with E-state index < -0.39 is 9.84 Å². The monoisotopic (exact) mass is 332 g/mol. The van der Waals surface area contributed by atoms with E-state index in [0.717, 1.165) is 6.26 Å². The van der Waals surface area contributed by atoms with Crippen LogP contribution in [0.2, 0.25) is 0 Å². The number of rotatable bonds is 2. The van der Waals surface area contributed by atoms with E-state index in [1.807, 2.05) is 6.92 Å². The zero-order valence-electron chi connectivity index (χ0n) is 12.8. The number of amides is 1. The number of sulfone groups is 1. The molecular formula is C16H16N2O4S. The number of fused-ring (bicyclic) bond motifs is 1. The number of carbonyl (C=O) groups excluding carboxylic acids is 1. The Morgan fingerprint density at radius 2 is 2.00 bits per heavy atom. The van der Waals surface area contributed by atoms with Gasteiger partial charge >= 0.3 is 0 Å². The Labute approximate surface area is 134 Å². The smallest absolute Gasteiger partial charge is 0.259 e. The number of ether oxygens (including phenoxy) is 1. The summed E-state index contributed by atoms with van der Waals surface area (Å²) < 4.78 is 29.5. The summed E-state index contributed by atoms with van der Waals surface area (Å²) in [6.07, 6.45) is 2.45. The molecule has 0 saturated carbocycles. The van der Waals surface area contributed by atoms with Gasteiger partial charge in [0.05, 0.1) is 17.0 Å². The highest BCUT2D eigenvalue weighted by molar-refractivity contribution is 7.90. The predicted octanol–water partition coefficient (Wildman–Crippen LogP) is 1.91. The zero-order chi connectivity index (χ0) is 16.6. The lowest BCUT2D eigenvalue weighted by Crippen LogP contribution is -2.43. The van der Waals surface area contributed by atoms with Crippen LogP contribution in [0.5, 0.6) is 5.88 Å². The van der Waals surface area contributed by atoms with Gasteiger partial charge in [-0.3, -0.25) is 9.69 Å². The maximum absolute atomic E-state index is 13.0. The Balaban J connectivity index is 2.09.